The lowest BCUT2D eigenvalue weighted by atomic mass is 10.1. The Morgan fingerprint density at radius 1 is 1.21 bits per heavy atom. The largest absolute Gasteiger partial charge is 0.390 e. The van der Waals surface area contributed by atoms with E-state index in [1.807, 2.05) is 32.0 Å². The fourth-order valence-electron chi connectivity index (χ4n) is 2.14. The third-order valence-corrected chi connectivity index (χ3v) is 3.63. The minimum Gasteiger partial charge on any atom is -0.390 e. The molecule has 0 spiro atoms. The van der Waals surface area contributed by atoms with E-state index in [9.17, 15) is 9.90 Å². The molecule has 0 saturated heterocycles. The van der Waals surface area contributed by atoms with E-state index >= 15 is 0 Å². The number of fused-ring (bicyclic) bond motifs is 1. The Morgan fingerprint density at radius 3 is 2.47 bits per heavy atom. The van der Waals surface area contributed by atoms with E-state index in [4.69, 9.17) is 0 Å². The zero-order chi connectivity index (χ0) is 14.2. The first-order chi connectivity index (χ1) is 8.85. The lowest BCUT2D eigenvalue weighted by molar-refractivity contribution is -0.736. The number of quaternary nitrogens is 1. The van der Waals surface area contributed by atoms with Gasteiger partial charge in [-0.3, -0.25) is 9.13 Å². The van der Waals surface area contributed by atoms with Gasteiger partial charge in [-0.25, -0.2) is 4.79 Å². The van der Waals surface area contributed by atoms with Crippen LogP contribution in [0.25, 0.3) is 11.0 Å². The van der Waals surface area contributed by atoms with Crippen molar-refractivity contribution in [1.29, 1.82) is 0 Å². The third-order valence-electron chi connectivity index (χ3n) is 3.63. The summed E-state index contributed by atoms with van der Waals surface area (Å²) in [5, 5.41) is 11.4. The summed E-state index contributed by atoms with van der Waals surface area (Å²) in [7, 11) is 3.57. The molecule has 0 bridgehead atoms. The molecular weight excluding hydrogens is 242 g/mol. The summed E-state index contributed by atoms with van der Waals surface area (Å²) in [5.41, 5.74) is 2.84. The van der Waals surface area contributed by atoms with Gasteiger partial charge < -0.3 is 10.4 Å². The van der Waals surface area contributed by atoms with Crippen LogP contribution >= 0.6 is 0 Å². The van der Waals surface area contributed by atoms with Gasteiger partial charge in [0, 0.05) is 19.7 Å². The lowest BCUT2D eigenvalue weighted by Gasteiger charge is -2.19. The molecule has 0 unspecified atom stereocenters. The number of rotatable bonds is 4. The highest BCUT2D eigenvalue weighted by atomic mass is 16.3. The van der Waals surface area contributed by atoms with Crippen LogP contribution in [0.4, 0.5) is 0 Å². The Balaban J connectivity index is 2.32. The molecule has 2 aromatic rings. The zero-order valence-electron chi connectivity index (χ0n) is 12.0. The van der Waals surface area contributed by atoms with Crippen molar-refractivity contribution in [3.8, 4) is 0 Å². The van der Waals surface area contributed by atoms with Gasteiger partial charge in [0.1, 0.15) is 12.1 Å². The molecule has 2 rings (SSSR count). The molecule has 19 heavy (non-hydrogen) atoms. The van der Waals surface area contributed by atoms with Gasteiger partial charge in [-0.2, -0.15) is 0 Å². The zero-order valence-corrected chi connectivity index (χ0v) is 12.0. The molecule has 0 saturated carbocycles. The molecule has 3 N–H and O–H groups in total. The normalized spacial score (nSPS) is 12.3. The van der Waals surface area contributed by atoms with Crippen molar-refractivity contribution >= 4 is 11.0 Å². The number of hydrogen-bond acceptors (Lipinski definition) is 2. The van der Waals surface area contributed by atoms with E-state index in [1.165, 1.54) is 0 Å². The molecule has 1 aromatic carbocycles. The van der Waals surface area contributed by atoms with Crippen LogP contribution in [0.5, 0.6) is 0 Å². The van der Waals surface area contributed by atoms with Crippen LogP contribution < -0.4 is 11.0 Å². The number of aryl methyl sites for hydroxylation is 2. The number of benzene rings is 1. The number of imidazole rings is 1. The molecule has 5 nitrogen and oxygen atoms in total. The Hall–Kier alpha value is -1.59. The highest BCUT2D eigenvalue weighted by molar-refractivity contribution is 5.76. The summed E-state index contributed by atoms with van der Waals surface area (Å²) in [5.74, 6) is 0. The molecule has 0 radical (unpaired) electrons. The summed E-state index contributed by atoms with van der Waals surface area (Å²) in [6.45, 7) is 4.93. The maximum absolute atomic E-state index is 11.8. The molecule has 0 amide bonds. The minimum absolute atomic E-state index is 0.00758. The lowest BCUT2D eigenvalue weighted by Crippen LogP contribution is -2.95. The van der Waals surface area contributed by atoms with Crippen molar-refractivity contribution in [1.82, 2.24) is 9.13 Å². The number of nitrogens with zero attached hydrogens (tertiary/aromatic N) is 2. The molecule has 0 aliphatic heterocycles. The Morgan fingerprint density at radius 2 is 1.84 bits per heavy atom. The monoisotopic (exact) mass is 264 g/mol. The van der Waals surface area contributed by atoms with Gasteiger partial charge in [0.2, 0.25) is 0 Å². The van der Waals surface area contributed by atoms with Gasteiger partial charge in [0.05, 0.1) is 17.6 Å². The Labute approximate surface area is 112 Å². The quantitative estimate of drug-likeness (QED) is 0.797. The van der Waals surface area contributed by atoms with Crippen LogP contribution in [-0.2, 0) is 20.6 Å². The first-order valence-corrected chi connectivity index (χ1v) is 6.45. The van der Waals surface area contributed by atoms with Crippen molar-refractivity contribution in [2.24, 2.45) is 14.1 Å². The number of aromatic nitrogens is 2. The van der Waals surface area contributed by atoms with E-state index in [2.05, 4.69) is 5.32 Å². The summed E-state index contributed by atoms with van der Waals surface area (Å²) in [4.78, 5) is 11.8. The van der Waals surface area contributed by atoms with Crippen molar-refractivity contribution in [2.45, 2.75) is 25.9 Å². The molecule has 0 aliphatic rings. The molecule has 0 atom stereocenters. The van der Waals surface area contributed by atoms with Crippen LogP contribution in [0.2, 0.25) is 0 Å². The second kappa shape index (κ2) is 4.83. The second-order valence-electron chi connectivity index (χ2n) is 5.78. The topological polar surface area (TPSA) is 63.8 Å². The van der Waals surface area contributed by atoms with Crippen molar-refractivity contribution in [2.75, 3.05) is 6.61 Å². The number of aliphatic hydroxyl groups is 1. The van der Waals surface area contributed by atoms with Crippen LogP contribution in [-0.4, -0.2) is 26.4 Å². The Bertz CT molecular complexity index is 652. The average molecular weight is 264 g/mol. The molecule has 1 aromatic heterocycles. The van der Waals surface area contributed by atoms with Crippen molar-refractivity contribution < 1.29 is 10.4 Å². The van der Waals surface area contributed by atoms with Crippen LogP contribution in [0.1, 0.15) is 19.4 Å². The molecular formula is C14H22N3O2+. The van der Waals surface area contributed by atoms with Gasteiger partial charge in [-0.15, -0.1) is 0 Å². The third kappa shape index (κ3) is 2.57. The Kier molecular flexibility index (Phi) is 3.52. The number of hydrogen-bond donors (Lipinski definition) is 2. The van der Waals surface area contributed by atoms with Crippen LogP contribution in [0.3, 0.4) is 0 Å². The number of aliphatic hydroxyl groups excluding tert-OH is 1. The van der Waals surface area contributed by atoms with Crippen LogP contribution in [0, 0.1) is 0 Å². The second-order valence-corrected chi connectivity index (χ2v) is 5.78. The maximum Gasteiger partial charge on any atom is 0.328 e. The highest BCUT2D eigenvalue weighted by Gasteiger charge is 2.19. The molecule has 5 heteroatoms. The minimum atomic E-state index is -0.183. The standard InChI is InChI=1S/C14H21N3O2/c1-14(2,9-18)15-8-10-5-6-11-12(7-10)17(4)13(19)16(11)3/h5-7,15,18H,8-9H2,1-4H3/p+1. The SMILES string of the molecule is Cn1c(=O)n(C)c2cc(C[NH2+]C(C)(C)CO)ccc21. The van der Waals surface area contributed by atoms with Crippen LogP contribution in [0.15, 0.2) is 23.0 Å². The fourth-order valence-corrected chi connectivity index (χ4v) is 2.14. The smallest absolute Gasteiger partial charge is 0.328 e. The van der Waals surface area contributed by atoms with E-state index in [1.54, 1.807) is 23.2 Å². The molecule has 104 valence electrons. The van der Waals surface area contributed by atoms with Gasteiger partial charge in [-0.05, 0) is 26.0 Å². The fraction of sp³-hybridized carbons (Fsp3) is 0.500. The van der Waals surface area contributed by atoms with Gasteiger partial charge in [0.15, 0.2) is 0 Å². The predicted molar refractivity (Wildman–Crippen MR) is 75.0 cm³/mol. The first-order valence-electron chi connectivity index (χ1n) is 6.45. The molecule has 1 heterocycles. The predicted octanol–water partition coefficient (Wildman–Crippen LogP) is -0.289. The van der Waals surface area contributed by atoms with E-state index < -0.39 is 0 Å². The summed E-state index contributed by atoms with van der Waals surface area (Å²) in [6, 6.07) is 6.05. The maximum atomic E-state index is 11.8. The van der Waals surface area contributed by atoms with Gasteiger partial charge in [0.25, 0.3) is 0 Å². The highest BCUT2D eigenvalue weighted by Crippen LogP contribution is 2.13. The van der Waals surface area contributed by atoms with E-state index in [0.29, 0.717) is 0 Å². The molecule has 0 aliphatic carbocycles. The van der Waals surface area contributed by atoms with E-state index in [0.717, 1.165) is 23.1 Å². The summed E-state index contributed by atoms with van der Waals surface area (Å²) in [6.07, 6.45) is 0. The summed E-state index contributed by atoms with van der Waals surface area (Å²) < 4.78 is 3.32. The first kappa shape index (κ1) is 13.8. The van der Waals surface area contributed by atoms with Crippen molar-refractivity contribution in [3.63, 3.8) is 0 Å². The molecule has 0 fully saturated rings. The summed E-state index contributed by atoms with van der Waals surface area (Å²) >= 11 is 0. The average Bonchev–Trinajstić information content (AvgIpc) is 2.62. The number of nitrogens with two attached hydrogens (primary N) is 1. The van der Waals surface area contributed by atoms with E-state index in [-0.39, 0.29) is 17.8 Å². The van der Waals surface area contributed by atoms with Crippen molar-refractivity contribution in [3.05, 3.63) is 34.2 Å². The van der Waals surface area contributed by atoms with Gasteiger partial charge in [-0.1, -0.05) is 6.07 Å². The van der Waals surface area contributed by atoms with Gasteiger partial charge >= 0.3 is 5.69 Å².